The van der Waals surface area contributed by atoms with Crippen molar-refractivity contribution in [1.29, 1.82) is 0 Å². The number of methoxy groups -OCH3 is 1. The van der Waals surface area contributed by atoms with Gasteiger partial charge in [0.25, 0.3) is 11.5 Å². The zero-order valence-electron chi connectivity index (χ0n) is 26.8. The van der Waals surface area contributed by atoms with Crippen LogP contribution in [0.5, 0.6) is 0 Å². The lowest BCUT2D eigenvalue weighted by Gasteiger charge is -2.21. The van der Waals surface area contributed by atoms with Crippen LogP contribution < -0.4 is 15.2 Å². The molecule has 0 radical (unpaired) electrons. The Morgan fingerprint density at radius 3 is 2.35 bits per heavy atom. The number of nitrogens with zero attached hydrogens (tertiary/aromatic N) is 4. The average molecular weight is 670 g/mol. The minimum atomic E-state index is -3.78. The molecule has 0 fully saturated rings. The summed E-state index contributed by atoms with van der Waals surface area (Å²) in [6.07, 6.45) is 1.07. The predicted octanol–water partition coefficient (Wildman–Crippen LogP) is 5.31. The third-order valence-electron chi connectivity index (χ3n) is 8.28. The zero-order valence-corrected chi connectivity index (χ0v) is 27.6. The molecule has 0 saturated heterocycles. The maximum atomic E-state index is 14.0. The molecule has 48 heavy (non-hydrogen) atoms. The van der Waals surface area contributed by atoms with E-state index >= 15 is 0 Å². The maximum Gasteiger partial charge on any atom is 0.278 e. The van der Waals surface area contributed by atoms with Gasteiger partial charge in [0.2, 0.25) is 10.0 Å². The van der Waals surface area contributed by atoms with Crippen molar-refractivity contribution in [3.05, 3.63) is 112 Å². The quantitative estimate of drug-likeness (QED) is 0.219. The van der Waals surface area contributed by atoms with E-state index in [4.69, 9.17) is 9.15 Å². The Bertz CT molecular complexity index is 2350. The number of halogens is 1. The predicted molar refractivity (Wildman–Crippen MR) is 182 cm³/mol. The summed E-state index contributed by atoms with van der Waals surface area (Å²) < 4.78 is 53.4. The summed E-state index contributed by atoms with van der Waals surface area (Å²) in [5.74, 6) is -0.727. The number of anilines is 1. The largest absolute Gasteiger partial charge is 0.455 e. The number of ether oxygens (including phenoxy) is 1. The minimum Gasteiger partial charge on any atom is -0.455 e. The second-order valence-electron chi connectivity index (χ2n) is 11.4. The summed E-state index contributed by atoms with van der Waals surface area (Å²) in [4.78, 5) is 27.3. The van der Waals surface area contributed by atoms with Crippen LogP contribution in [-0.4, -0.2) is 63.4 Å². The second-order valence-corrected chi connectivity index (χ2v) is 13.5. The van der Waals surface area contributed by atoms with Crippen molar-refractivity contribution in [3.8, 4) is 22.5 Å². The zero-order chi connectivity index (χ0) is 34.3. The van der Waals surface area contributed by atoms with E-state index in [0.29, 0.717) is 27.6 Å². The lowest BCUT2D eigenvalue weighted by Crippen LogP contribution is -2.31. The first-order valence-electron chi connectivity index (χ1n) is 14.9. The highest BCUT2D eigenvalue weighted by atomic mass is 32.2. The summed E-state index contributed by atoms with van der Waals surface area (Å²) in [5.41, 5.74) is 3.80. The summed E-state index contributed by atoms with van der Waals surface area (Å²) in [7, 11) is 0.645. The van der Waals surface area contributed by atoms with Crippen LogP contribution in [0.1, 0.15) is 27.5 Å². The molecular weight excluding hydrogens is 637 g/mol. The van der Waals surface area contributed by atoms with Crippen molar-refractivity contribution in [1.82, 2.24) is 20.3 Å². The molecule has 0 spiro atoms. The van der Waals surface area contributed by atoms with Gasteiger partial charge in [-0.1, -0.05) is 41.1 Å². The van der Waals surface area contributed by atoms with Gasteiger partial charge in [0.15, 0.2) is 0 Å². The third-order valence-corrected chi connectivity index (χ3v) is 9.47. The van der Waals surface area contributed by atoms with Gasteiger partial charge in [0.05, 0.1) is 29.5 Å². The number of nitrogens with one attached hydrogen (secondary N) is 1. The van der Waals surface area contributed by atoms with E-state index in [0.717, 1.165) is 21.7 Å². The third kappa shape index (κ3) is 5.93. The van der Waals surface area contributed by atoms with Gasteiger partial charge >= 0.3 is 0 Å². The number of aryl methyl sites for hydroxylation is 1. The molecule has 4 aromatic carbocycles. The van der Waals surface area contributed by atoms with E-state index in [1.54, 1.807) is 31.4 Å². The van der Waals surface area contributed by atoms with Crippen LogP contribution in [0.2, 0.25) is 0 Å². The van der Waals surface area contributed by atoms with Gasteiger partial charge in [0, 0.05) is 43.8 Å². The molecule has 6 aromatic rings. The molecule has 6 rings (SSSR count). The van der Waals surface area contributed by atoms with Crippen LogP contribution in [0.15, 0.2) is 88.1 Å². The molecule has 2 heterocycles. The van der Waals surface area contributed by atoms with Gasteiger partial charge < -0.3 is 14.5 Å². The summed E-state index contributed by atoms with van der Waals surface area (Å²) in [5, 5.41) is 11.8. The highest BCUT2D eigenvalue weighted by Gasteiger charge is 2.26. The Labute approximate surface area is 275 Å². The number of sulfonamides is 1. The fourth-order valence-corrected chi connectivity index (χ4v) is 6.15. The molecule has 13 heteroatoms. The number of benzene rings is 4. The molecular formula is C35H32FN5O6S. The standard InChI is InChI=1S/C35H32FN5O6S/c1-20-6-8-21(9-7-20)30(19-46-4)41-35(43)26-16-23(12-15-28(26)38-39-41)25-17-27-31(18-29(25)40(3)48(5,44)45)47-33(32(27)34(42)37-2)22-10-13-24(36)14-11-22/h6-18,30H,19H2,1-5H3,(H,37,42)/t30-/m0/s1. The van der Waals surface area contributed by atoms with Crippen molar-refractivity contribution in [2.75, 3.05) is 38.4 Å². The summed E-state index contributed by atoms with van der Waals surface area (Å²) in [6, 6.07) is 20.8. The van der Waals surface area contributed by atoms with Crippen molar-refractivity contribution in [2.24, 2.45) is 0 Å². The summed E-state index contributed by atoms with van der Waals surface area (Å²) >= 11 is 0. The van der Waals surface area contributed by atoms with Crippen LogP contribution in [0.4, 0.5) is 10.1 Å². The minimum absolute atomic E-state index is 0.169. The van der Waals surface area contributed by atoms with E-state index in [1.165, 1.54) is 49.1 Å². The number of rotatable bonds is 9. The van der Waals surface area contributed by atoms with Crippen LogP contribution in [0.3, 0.4) is 0 Å². The highest BCUT2D eigenvalue weighted by Crippen LogP contribution is 2.41. The monoisotopic (exact) mass is 669 g/mol. The number of hydrogen-bond acceptors (Lipinski definition) is 8. The number of furan rings is 1. The molecule has 11 nitrogen and oxygen atoms in total. The van der Waals surface area contributed by atoms with E-state index in [2.05, 4.69) is 15.6 Å². The lowest BCUT2D eigenvalue weighted by molar-refractivity contribution is 0.0964. The molecule has 1 atom stereocenters. The molecule has 0 saturated carbocycles. The Kier molecular flexibility index (Phi) is 8.58. The molecule has 0 unspecified atom stereocenters. The van der Waals surface area contributed by atoms with E-state index in [9.17, 15) is 22.4 Å². The van der Waals surface area contributed by atoms with Gasteiger partial charge in [-0.25, -0.2) is 17.5 Å². The molecule has 1 amide bonds. The van der Waals surface area contributed by atoms with Gasteiger partial charge in [-0.2, -0.15) is 0 Å². The fourth-order valence-electron chi connectivity index (χ4n) is 5.64. The van der Waals surface area contributed by atoms with Crippen LogP contribution in [0, 0.1) is 12.7 Å². The van der Waals surface area contributed by atoms with Crippen molar-refractivity contribution in [2.45, 2.75) is 13.0 Å². The first-order valence-corrected chi connectivity index (χ1v) is 16.7. The molecule has 0 aliphatic heterocycles. The van der Waals surface area contributed by atoms with Gasteiger partial charge in [-0.15, -0.1) is 5.10 Å². The number of aromatic nitrogens is 3. The molecule has 0 aliphatic rings. The molecule has 0 aliphatic carbocycles. The fraction of sp³-hybridized carbons (Fsp3) is 0.200. The van der Waals surface area contributed by atoms with Gasteiger partial charge in [0.1, 0.15) is 28.7 Å². The topological polar surface area (TPSA) is 137 Å². The smallest absolute Gasteiger partial charge is 0.278 e. The Morgan fingerprint density at radius 1 is 1.02 bits per heavy atom. The van der Waals surface area contributed by atoms with Crippen molar-refractivity contribution in [3.63, 3.8) is 0 Å². The van der Waals surface area contributed by atoms with Crippen molar-refractivity contribution < 1.29 is 26.8 Å². The SMILES string of the molecule is CNC(=O)c1c(-c2ccc(F)cc2)oc2cc(N(C)S(C)(=O)=O)c(-c3ccc4nnn([C@@H](COC)c5ccc(C)cc5)c(=O)c4c3)cc12. The Morgan fingerprint density at radius 2 is 1.71 bits per heavy atom. The normalized spacial score (nSPS) is 12.4. The van der Waals surface area contributed by atoms with Crippen LogP contribution >= 0.6 is 0 Å². The van der Waals surface area contributed by atoms with Crippen LogP contribution in [0.25, 0.3) is 44.3 Å². The molecule has 2 aromatic heterocycles. The number of carbonyl (C=O) groups is 1. The molecule has 246 valence electrons. The summed E-state index contributed by atoms with van der Waals surface area (Å²) in [6.45, 7) is 2.14. The number of fused-ring (bicyclic) bond motifs is 2. The first-order chi connectivity index (χ1) is 22.9. The highest BCUT2D eigenvalue weighted by molar-refractivity contribution is 7.92. The van der Waals surface area contributed by atoms with Crippen molar-refractivity contribution >= 4 is 43.5 Å². The van der Waals surface area contributed by atoms with Gasteiger partial charge in [-0.3, -0.25) is 13.9 Å². The van der Waals surface area contributed by atoms with E-state index in [-0.39, 0.29) is 34.6 Å². The van der Waals surface area contributed by atoms with Gasteiger partial charge in [-0.05, 0) is 60.5 Å². The average Bonchev–Trinajstić information content (AvgIpc) is 3.45. The van der Waals surface area contributed by atoms with E-state index < -0.39 is 33.3 Å². The molecule has 1 N–H and O–H groups in total. The Balaban J connectivity index is 1.60. The molecule has 0 bridgehead atoms. The van der Waals surface area contributed by atoms with E-state index in [1.807, 2.05) is 31.2 Å². The number of carbonyl (C=O) groups excluding carboxylic acids is 1. The second kappa shape index (κ2) is 12.7. The Hall–Kier alpha value is -5.40. The number of hydrogen-bond donors (Lipinski definition) is 1. The van der Waals surface area contributed by atoms with Crippen LogP contribution in [-0.2, 0) is 14.8 Å². The lowest BCUT2D eigenvalue weighted by atomic mass is 9.97. The first kappa shape index (κ1) is 32.5. The maximum absolute atomic E-state index is 14.0. The number of amides is 1.